The van der Waals surface area contributed by atoms with Crippen molar-refractivity contribution in [2.24, 2.45) is 7.05 Å². The van der Waals surface area contributed by atoms with Gasteiger partial charge in [-0.05, 0) is 46.1 Å². The molecule has 31 heavy (non-hydrogen) atoms. The number of nitrogens with zero attached hydrogens (tertiary/aromatic N) is 5. The van der Waals surface area contributed by atoms with E-state index in [1.807, 2.05) is 24.3 Å². The van der Waals surface area contributed by atoms with Crippen molar-refractivity contribution in [2.45, 2.75) is 12.5 Å². The van der Waals surface area contributed by atoms with Gasteiger partial charge in [-0.1, -0.05) is 12.1 Å². The lowest BCUT2D eigenvalue weighted by Crippen LogP contribution is -2.53. The molecule has 4 aromatic rings. The Morgan fingerprint density at radius 1 is 1.29 bits per heavy atom. The molecular formula is C22H20BrN7O. The summed E-state index contributed by atoms with van der Waals surface area (Å²) in [5.74, 6) is 0. The molecule has 0 aliphatic carbocycles. The lowest BCUT2D eigenvalue weighted by molar-refractivity contribution is 0.474. The predicted molar refractivity (Wildman–Crippen MR) is 123 cm³/mol. The fraction of sp³-hybridized carbons (Fsp3) is 0.273. The van der Waals surface area contributed by atoms with E-state index in [2.05, 4.69) is 53.2 Å². The summed E-state index contributed by atoms with van der Waals surface area (Å²) in [5, 5.41) is 13.4. The number of hydrogen-bond donors (Lipinski definition) is 2. The van der Waals surface area contributed by atoms with Crippen LogP contribution in [-0.2, 0) is 13.5 Å². The summed E-state index contributed by atoms with van der Waals surface area (Å²) in [6.45, 7) is 2.17. The summed E-state index contributed by atoms with van der Waals surface area (Å²) >= 11 is 3.45. The van der Waals surface area contributed by atoms with E-state index < -0.39 is 0 Å². The van der Waals surface area contributed by atoms with Gasteiger partial charge in [0.05, 0.1) is 28.6 Å². The number of fused-ring (bicyclic) bond motifs is 2. The summed E-state index contributed by atoms with van der Waals surface area (Å²) in [6, 6.07) is 12.0. The highest BCUT2D eigenvalue weighted by atomic mass is 79.9. The van der Waals surface area contributed by atoms with Crippen LogP contribution in [0.2, 0.25) is 0 Å². The number of para-hydroxylation sites is 1. The minimum absolute atomic E-state index is 0.0410. The average molecular weight is 478 g/mol. The molecular weight excluding hydrogens is 458 g/mol. The van der Waals surface area contributed by atoms with Crippen LogP contribution in [0.4, 0.5) is 5.69 Å². The number of benzene rings is 1. The van der Waals surface area contributed by atoms with Crippen LogP contribution in [0.1, 0.15) is 11.1 Å². The van der Waals surface area contributed by atoms with Gasteiger partial charge in [-0.15, -0.1) is 0 Å². The second-order valence-corrected chi connectivity index (χ2v) is 8.49. The third-order valence-corrected chi connectivity index (χ3v) is 6.36. The maximum Gasteiger partial charge on any atom is 0.270 e. The second-order valence-electron chi connectivity index (χ2n) is 7.67. The summed E-state index contributed by atoms with van der Waals surface area (Å²) in [7, 11) is 1.68. The number of pyridine rings is 2. The van der Waals surface area contributed by atoms with Crippen molar-refractivity contribution < 1.29 is 0 Å². The minimum atomic E-state index is -0.305. The normalized spacial score (nSPS) is 16.7. The van der Waals surface area contributed by atoms with Gasteiger partial charge in [-0.2, -0.15) is 5.26 Å². The van der Waals surface area contributed by atoms with Gasteiger partial charge < -0.3 is 19.8 Å². The number of anilines is 1. The van der Waals surface area contributed by atoms with Crippen molar-refractivity contribution in [3.05, 3.63) is 62.7 Å². The first-order valence-corrected chi connectivity index (χ1v) is 10.9. The minimum Gasteiger partial charge on any atom is -0.363 e. The Bertz CT molecular complexity index is 1400. The SMILES string of the molecule is Cn1c(=O)c(C#N)c(N2CCNCC2Cc2cccc3[nH]cnc23)c2nc(Br)ccc21. The highest BCUT2D eigenvalue weighted by molar-refractivity contribution is 9.10. The van der Waals surface area contributed by atoms with Crippen molar-refractivity contribution in [2.75, 3.05) is 24.5 Å². The monoisotopic (exact) mass is 477 g/mol. The van der Waals surface area contributed by atoms with E-state index in [0.29, 0.717) is 27.9 Å². The molecule has 1 aliphatic heterocycles. The molecule has 1 fully saturated rings. The van der Waals surface area contributed by atoms with Crippen LogP contribution in [0.15, 0.2) is 46.1 Å². The largest absolute Gasteiger partial charge is 0.363 e. The van der Waals surface area contributed by atoms with E-state index in [-0.39, 0.29) is 17.2 Å². The van der Waals surface area contributed by atoms with Crippen molar-refractivity contribution in [3.63, 3.8) is 0 Å². The number of H-pyrrole nitrogens is 1. The average Bonchev–Trinajstić information content (AvgIpc) is 3.26. The molecule has 1 atom stereocenters. The van der Waals surface area contributed by atoms with E-state index in [1.165, 1.54) is 4.57 Å². The number of nitrogens with one attached hydrogen (secondary N) is 2. The maximum atomic E-state index is 13.0. The fourth-order valence-corrected chi connectivity index (χ4v) is 4.74. The molecule has 1 saturated heterocycles. The number of aromatic amines is 1. The van der Waals surface area contributed by atoms with Gasteiger partial charge in [0.2, 0.25) is 0 Å². The molecule has 0 saturated carbocycles. The molecule has 5 rings (SSSR count). The first kappa shape index (κ1) is 19.7. The first-order valence-electron chi connectivity index (χ1n) is 10.1. The summed E-state index contributed by atoms with van der Waals surface area (Å²) < 4.78 is 2.16. The molecule has 3 aromatic heterocycles. The number of halogens is 1. The van der Waals surface area contributed by atoms with Crippen LogP contribution in [0.5, 0.6) is 0 Å². The maximum absolute atomic E-state index is 13.0. The Hall–Kier alpha value is -3.22. The smallest absolute Gasteiger partial charge is 0.270 e. The van der Waals surface area contributed by atoms with Gasteiger partial charge >= 0.3 is 0 Å². The Morgan fingerprint density at radius 2 is 2.16 bits per heavy atom. The molecule has 0 bridgehead atoms. The van der Waals surface area contributed by atoms with Crippen molar-refractivity contribution in [3.8, 4) is 6.07 Å². The number of imidazole rings is 1. The van der Waals surface area contributed by atoms with Crippen LogP contribution >= 0.6 is 15.9 Å². The Kier molecular flexibility index (Phi) is 4.96. The Balaban J connectivity index is 1.68. The molecule has 1 aliphatic rings. The van der Waals surface area contributed by atoms with Gasteiger partial charge in [0.1, 0.15) is 21.8 Å². The van der Waals surface area contributed by atoms with E-state index in [4.69, 9.17) is 0 Å². The van der Waals surface area contributed by atoms with E-state index >= 15 is 0 Å². The topological polar surface area (TPSA) is 103 Å². The molecule has 9 heteroatoms. The van der Waals surface area contributed by atoms with Crippen LogP contribution < -0.4 is 15.8 Å². The van der Waals surface area contributed by atoms with Crippen LogP contribution in [0, 0.1) is 11.3 Å². The Morgan fingerprint density at radius 3 is 3.00 bits per heavy atom. The van der Waals surface area contributed by atoms with Crippen LogP contribution in [0.3, 0.4) is 0 Å². The molecule has 1 aromatic carbocycles. The standard InChI is InChI=1S/C22H20BrN7O/c1-29-17-5-6-18(23)28-20(17)21(15(10-24)22(29)31)30-8-7-25-11-14(30)9-13-3-2-4-16-19(13)27-12-26-16/h2-6,12,14,25H,7-9,11H2,1H3,(H,26,27). The quantitative estimate of drug-likeness (QED) is 0.439. The van der Waals surface area contributed by atoms with Crippen molar-refractivity contribution in [1.29, 1.82) is 5.26 Å². The number of hydrogen-bond acceptors (Lipinski definition) is 6. The van der Waals surface area contributed by atoms with Gasteiger partial charge in [0.15, 0.2) is 0 Å². The van der Waals surface area contributed by atoms with Crippen LogP contribution in [-0.4, -0.2) is 45.2 Å². The van der Waals surface area contributed by atoms with E-state index in [1.54, 1.807) is 13.4 Å². The third kappa shape index (κ3) is 3.28. The summed E-state index contributed by atoms with van der Waals surface area (Å²) in [5.41, 5.74) is 4.86. The summed E-state index contributed by atoms with van der Waals surface area (Å²) in [6.07, 6.45) is 2.43. The van der Waals surface area contributed by atoms with Crippen molar-refractivity contribution in [1.82, 2.24) is 24.8 Å². The molecule has 2 N–H and O–H groups in total. The van der Waals surface area contributed by atoms with Crippen molar-refractivity contribution >= 4 is 43.7 Å². The first-order chi connectivity index (χ1) is 15.1. The van der Waals surface area contributed by atoms with Crippen LogP contribution in [0.25, 0.3) is 22.1 Å². The molecule has 0 radical (unpaired) electrons. The number of aromatic nitrogens is 4. The lowest BCUT2D eigenvalue weighted by atomic mass is 9.99. The third-order valence-electron chi connectivity index (χ3n) is 5.92. The number of rotatable bonds is 3. The van der Waals surface area contributed by atoms with Gasteiger partial charge in [0.25, 0.3) is 5.56 Å². The number of aryl methyl sites for hydroxylation is 1. The van der Waals surface area contributed by atoms with E-state index in [9.17, 15) is 10.1 Å². The predicted octanol–water partition coefficient (Wildman–Crippen LogP) is 2.46. The number of nitriles is 1. The van der Waals surface area contributed by atoms with Gasteiger partial charge in [0, 0.05) is 32.7 Å². The number of piperazine rings is 1. The Labute approximate surface area is 186 Å². The highest BCUT2D eigenvalue weighted by Crippen LogP contribution is 2.31. The fourth-order valence-electron chi connectivity index (χ4n) is 4.43. The van der Waals surface area contributed by atoms with Gasteiger partial charge in [-0.3, -0.25) is 4.79 Å². The van der Waals surface area contributed by atoms with Gasteiger partial charge in [-0.25, -0.2) is 9.97 Å². The molecule has 1 unspecified atom stereocenters. The molecule has 156 valence electrons. The van der Waals surface area contributed by atoms with E-state index in [0.717, 1.165) is 36.1 Å². The zero-order chi connectivity index (χ0) is 21.5. The molecule has 8 nitrogen and oxygen atoms in total. The molecule has 0 spiro atoms. The zero-order valence-electron chi connectivity index (χ0n) is 16.9. The zero-order valence-corrected chi connectivity index (χ0v) is 18.5. The lowest BCUT2D eigenvalue weighted by Gasteiger charge is -2.39. The molecule has 4 heterocycles. The molecule has 0 amide bonds. The highest BCUT2D eigenvalue weighted by Gasteiger charge is 2.29. The second kappa shape index (κ2) is 7.80. The summed E-state index contributed by atoms with van der Waals surface area (Å²) in [4.78, 5) is 27.5.